The molecule has 0 atom stereocenters. The number of methoxy groups -OCH3 is 1. The highest BCUT2D eigenvalue weighted by Gasteiger charge is 2.00. The van der Waals surface area contributed by atoms with Gasteiger partial charge >= 0.3 is 0 Å². The summed E-state index contributed by atoms with van der Waals surface area (Å²) in [7, 11) is 1.65. The van der Waals surface area contributed by atoms with Crippen molar-refractivity contribution in [1.82, 2.24) is 10.7 Å². The van der Waals surface area contributed by atoms with E-state index in [1.165, 1.54) is 11.1 Å². The van der Waals surface area contributed by atoms with Crippen LogP contribution in [0.4, 0.5) is 0 Å². The van der Waals surface area contributed by atoms with Crippen LogP contribution in [0.25, 0.3) is 0 Å². The molecule has 104 valence electrons. The van der Waals surface area contributed by atoms with Crippen molar-refractivity contribution in [3.05, 3.63) is 34.9 Å². The molecule has 0 saturated carbocycles. The Morgan fingerprint density at radius 3 is 2.68 bits per heavy atom. The Hall–Kier alpha value is -1.46. The number of hydrogen-bond acceptors (Lipinski definition) is 3. The topological polar surface area (TPSA) is 45.6 Å². The largest absolute Gasteiger partial charge is 0.383 e. The molecule has 4 nitrogen and oxygen atoms in total. The summed E-state index contributed by atoms with van der Waals surface area (Å²) in [6.45, 7) is 7.42. The Balaban J connectivity index is 2.56. The molecule has 0 saturated heterocycles. The van der Waals surface area contributed by atoms with Gasteiger partial charge in [-0.1, -0.05) is 12.1 Å². The van der Waals surface area contributed by atoms with E-state index in [-0.39, 0.29) is 0 Å². The van der Waals surface area contributed by atoms with E-state index >= 15 is 0 Å². The molecular formula is C14H21N3OS. The van der Waals surface area contributed by atoms with E-state index in [1.54, 1.807) is 7.11 Å². The Morgan fingerprint density at radius 1 is 1.32 bits per heavy atom. The molecule has 5 heteroatoms. The molecule has 0 aliphatic rings. The predicted molar refractivity (Wildman–Crippen MR) is 83.7 cm³/mol. The van der Waals surface area contributed by atoms with Gasteiger partial charge in [0.25, 0.3) is 0 Å². The summed E-state index contributed by atoms with van der Waals surface area (Å²) < 4.78 is 4.93. The molecule has 0 unspecified atom stereocenters. The maximum atomic E-state index is 5.10. The third-order valence-corrected chi connectivity index (χ3v) is 3.08. The number of rotatable bonds is 5. The van der Waals surface area contributed by atoms with Crippen LogP contribution in [0, 0.1) is 13.8 Å². The van der Waals surface area contributed by atoms with Crippen molar-refractivity contribution in [1.29, 1.82) is 0 Å². The van der Waals surface area contributed by atoms with Gasteiger partial charge in [0.2, 0.25) is 0 Å². The number of nitrogens with one attached hydrogen (secondary N) is 2. The maximum absolute atomic E-state index is 5.10. The summed E-state index contributed by atoms with van der Waals surface area (Å²) in [5.41, 5.74) is 7.36. The lowest BCUT2D eigenvalue weighted by Crippen LogP contribution is -2.34. The number of nitrogens with zero attached hydrogens (tertiary/aromatic N) is 1. The highest BCUT2D eigenvalue weighted by atomic mass is 32.1. The van der Waals surface area contributed by atoms with E-state index in [0.29, 0.717) is 18.3 Å². The highest BCUT2D eigenvalue weighted by molar-refractivity contribution is 7.80. The smallest absolute Gasteiger partial charge is 0.187 e. The van der Waals surface area contributed by atoms with Gasteiger partial charge in [0, 0.05) is 13.7 Å². The van der Waals surface area contributed by atoms with E-state index < -0.39 is 0 Å². The van der Waals surface area contributed by atoms with Gasteiger partial charge in [-0.2, -0.15) is 5.10 Å². The standard InChI is InChI=1S/C14H21N3OS/c1-10-5-6-13(9-11(10)2)12(3)16-17-14(19)15-7-8-18-4/h5-6,9H,7-8H2,1-4H3,(H2,15,17,19). The highest BCUT2D eigenvalue weighted by Crippen LogP contribution is 2.10. The Morgan fingerprint density at radius 2 is 2.05 bits per heavy atom. The van der Waals surface area contributed by atoms with E-state index in [0.717, 1.165) is 11.3 Å². The van der Waals surface area contributed by atoms with Gasteiger partial charge in [-0.3, -0.25) is 5.43 Å². The number of ether oxygens (including phenoxy) is 1. The minimum Gasteiger partial charge on any atom is -0.383 e. The maximum Gasteiger partial charge on any atom is 0.187 e. The minimum absolute atomic E-state index is 0.500. The first-order valence-electron chi connectivity index (χ1n) is 6.19. The van der Waals surface area contributed by atoms with Crippen molar-refractivity contribution in [3.63, 3.8) is 0 Å². The van der Waals surface area contributed by atoms with Gasteiger partial charge < -0.3 is 10.1 Å². The van der Waals surface area contributed by atoms with Gasteiger partial charge in [-0.05, 0) is 55.7 Å². The number of hydrogen-bond donors (Lipinski definition) is 2. The van der Waals surface area contributed by atoms with Gasteiger partial charge in [-0.25, -0.2) is 0 Å². The Bertz CT molecular complexity index is 472. The van der Waals surface area contributed by atoms with Crippen molar-refractivity contribution >= 4 is 23.0 Å². The number of thiocarbonyl (C=S) groups is 1. The molecule has 1 aromatic rings. The molecule has 0 bridgehead atoms. The fraction of sp³-hybridized carbons (Fsp3) is 0.429. The fourth-order valence-electron chi connectivity index (χ4n) is 1.47. The van der Waals surface area contributed by atoms with Gasteiger partial charge in [0.15, 0.2) is 5.11 Å². The average molecular weight is 279 g/mol. The van der Waals surface area contributed by atoms with Crippen molar-refractivity contribution in [2.75, 3.05) is 20.3 Å². The molecule has 0 spiro atoms. The van der Waals surface area contributed by atoms with Crippen molar-refractivity contribution in [2.45, 2.75) is 20.8 Å². The first-order chi connectivity index (χ1) is 9.04. The Kier molecular flexibility index (Phi) is 6.45. The normalized spacial score (nSPS) is 11.3. The van der Waals surface area contributed by atoms with Crippen molar-refractivity contribution in [3.8, 4) is 0 Å². The summed E-state index contributed by atoms with van der Waals surface area (Å²) in [5, 5.41) is 7.77. The third-order valence-electron chi connectivity index (χ3n) is 2.84. The number of benzene rings is 1. The molecule has 1 rings (SSSR count). The molecule has 0 fully saturated rings. The summed E-state index contributed by atoms with van der Waals surface area (Å²) >= 11 is 5.10. The second-order valence-corrected chi connectivity index (χ2v) is 4.77. The monoisotopic (exact) mass is 279 g/mol. The summed E-state index contributed by atoms with van der Waals surface area (Å²) in [6, 6.07) is 6.28. The average Bonchev–Trinajstić information content (AvgIpc) is 2.39. The van der Waals surface area contributed by atoms with Crippen molar-refractivity contribution < 1.29 is 4.74 Å². The molecule has 2 N–H and O–H groups in total. The summed E-state index contributed by atoms with van der Waals surface area (Å²) in [6.07, 6.45) is 0. The first kappa shape index (κ1) is 15.6. The zero-order valence-corrected chi connectivity index (χ0v) is 12.7. The zero-order valence-electron chi connectivity index (χ0n) is 11.9. The molecule has 0 radical (unpaired) electrons. The summed E-state index contributed by atoms with van der Waals surface area (Å²) in [5.74, 6) is 0. The van der Waals surface area contributed by atoms with E-state index in [4.69, 9.17) is 17.0 Å². The zero-order chi connectivity index (χ0) is 14.3. The van der Waals surface area contributed by atoms with Crippen LogP contribution in [0.2, 0.25) is 0 Å². The van der Waals surface area contributed by atoms with Crippen LogP contribution in [-0.4, -0.2) is 31.1 Å². The molecular weight excluding hydrogens is 258 g/mol. The van der Waals surface area contributed by atoms with Crippen molar-refractivity contribution in [2.24, 2.45) is 5.10 Å². The summed E-state index contributed by atoms with van der Waals surface area (Å²) in [4.78, 5) is 0. The SMILES string of the molecule is COCCNC(=S)NN=C(C)c1ccc(C)c(C)c1. The number of aryl methyl sites for hydroxylation is 2. The molecule has 0 aliphatic carbocycles. The van der Waals surface area contributed by atoms with Gasteiger partial charge in [-0.15, -0.1) is 0 Å². The molecule has 0 amide bonds. The Labute approximate surface area is 120 Å². The van der Waals surface area contributed by atoms with Gasteiger partial charge in [0.1, 0.15) is 0 Å². The van der Waals surface area contributed by atoms with Crippen LogP contribution in [0.1, 0.15) is 23.6 Å². The van der Waals surface area contributed by atoms with E-state index in [2.05, 4.69) is 47.9 Å². The predicted octanol–water partition coefficient (Wildman–Crippen LogP) is 2.14. The fourth-order valence-corrected chi connectivity index (χ4v) is 1.62. The third kappa shape index (κ3) is 5.36. The molecule has 0 aromatic heterocycles. The van der Waals surface area contributed by atoms with Crippen LogP contribution >= 0.6 is 12.2 Å². The van der Waals surface area contributed by atoms with Crippen LogP contribution in [0.3, 0.4) is 0 Å². The quantitative estimate of drug-likeness (QED) is 0.375. The van der Waals surface area contributed by atoms with Gasteiger partial charge in [0.05, 0.1) is 12.3 Å². The second-order valence-electron chi connectivity index (χ2n) is 4.36. The minimum atomic E-state index is 0.500. The van der Waals surface area contributed by atoms with Crippen LogP contribution < -0.4 is 10.7 Å². The second kappa shape index (κ2) is 7.86. The lowest BCUT2D eigenvalue weighted by Gasteiger charge is -2.08. The molecule has 19 heavy (non-hydrogen) atoms. The molecule has 0 heterocycles. The van der Waals surface area contributed by atoms with E-state index in [9.17, 15) is 0 Å². The molecule has 1 aromatic carbocycles. The lowest BCUT2D eigenvalue weighted by atomic mass is 10.0. The lowest BCUT2D eigenvalue weighted by molar-refractivity contribution is 0.204. The van der Waals surface area contributed by atoms with Crippen LogP contribution in [0.15, 0.2) is 23.3 Å². The number of hydrazone groups is 1. The van der Waals surface area contributed by atoms with Crippen LogP contribution in [-0.2, 0) is 4.74 Å². The van der Waals surface area contributed by atoms with E-state index in [1.807, 2.05) is 6.92 Å². The first-order valence-corrected chi connectivity index (χ1v) is 6.60. The van der Waals surface area contributed by atoms with Crippen LogP contribution in [0.5, 0.6) is 0 Å². The molecule has 0 aliphatic heterocycles.